The minimum atomic E-state index is -4.84. The number of hydrogen-bond donors (Lipinski definition) is 2. The first-order valence-corrected chi connectivity index (χ1v) is 13.1. The van der Waals surface area contributed by atoms with Crippen molar-refractivity contribution in [2.75, 3.05) is 5.32 Å². The van der Waals surface area contributed by atoms with Crippen molar-refractivity contribution in [2.24, 2.45) is 12.8 Å². The van der Waals surface area contributed by atoms with E-state index in [9.17, 15) is 31.5 Å². The fourth-order valence-corrected chi connectivity index (χ4v) is 5.86. The first-order valence-electron chi connectivity index (χ1n) is 11.9. The van der Waals surface area contributed by atoms with Crippen molar-refractivity contribution >= 4 is 50.7 Å². The molecule has 2 amide bonds. The van der Waals surface area contributed by atoms with Gasteiger partial charge in [0.15, 0.2) is 5.69 Å². The van der Waals surface area contributed by atoms with E-state index in [1.807, 2.05) is 0 Å². The second-order valence-corrected chi connectivity index (χ2v) is 10.8. The number of thiophene rings is 1. The van der Waals surface area contributed by atoms with E-state index in [1.54, 1.807) is 14.0 Å². The minimum Gasteiger partial charge on any atom is -0.365 e. The van der Waals surface area contributed by atoms with E-state index in [4.69, 9.17) is 17.3 Å². The summed E-state index contributed by atoms with van der Waals surface area (Å²) in [5.41, 5.74) is 4.97. The molecule has 0 aliphatic heterocycles. The maximum absolute atomic E-state index is 13.8. The minimum absolute atomic E-state index is 0.00738. The van der Waals surface area contributed by atoms with Crippen molar-refractivity contribution in [3.8, 4) is 11.1 Å². The van der Waals surface area contributed by atoms with Gasteiger partial charge in [-0.2, -0.15) is 23.4 Å². The van der Waals surface area contributed by atoms with Crippen LogP contribution in [-0.4, -0.2) is 36.4 Å². The van der Waals surface area contributed by atoms with Gasteiger partial charge < -0.3 is 11.1 Å². The summed E-state index contributed by atoms with van der Waals surface area (Å²) in [5.74, 6) is -2.08. The summed E-state index contributed by atoms with van der Waals surface area (Å²) < 4.78 is 70.7. The molecule has 1 aliphatic rings. The van der Waals surface area contributed by atoms with Crippen LogP contribution in [0.15, 0.2) is 12.3 Å². The Morgan fingerprint density at radius 3 is 2.45 bits per heavy atom. The quantitative estimate of drug-likeness (QED) is 0.252. The Kier molecular flexibility index (Phi) is 6.85. The second-order valence-electron chi connectivity index (χ2n) is 9.44. The molecular formula is C24H21ClF5N7O2S. The molecule has 5 rings (SSSR count). The number of aromatic nitrogens is 5. The highest BCUT2D eigenvalue weighted by molar-refractivity contribution is 7.21. The van der Waals surface area contributed by atoms with Gasteiger partial charge in [-0.1, -0.05) is 11.6 Å². The van der Waals surface area contributed by atoms with Crippen molar-refractivity contribution in [3.05, 3.63) is 44.9 Å². The SMILES string of the molecule is Cc1c(-c2cc(C(F)F)nc3sc(C(N)=O)c(NC(=O)C(C)n4nc(C(F)(F)F)c(Cl)c4C4CC4)c23)cnn1C. The first-order chi connectivity index (χ1) is 18.7. The van der Waals surface area contributed by atoms with Crippen molar-refractivity contribution in [2.45, 2.75) is 51.3 Å². The molecule has 0 aromatic carbocycles. The molecule has 0 bridgehead atoms. The average Bonchev–Trinajstić information content (AvgIpc) is 3.43. The molecule has 0 saturated heterocycles. The van der Waals surface area contributed by atoms with E-state index in [1.165, 1.54) is 17.8 Å². The third-order valence-corrected chi connectivity index (χ3v) is 8.24. The number of anilines is 1. The normalized spacial score (nSPS) is 14.8. The number of rotatable bonds is 7. The van der Waals surface area contributed by atoms with Gasteiger partial charge in [-0.25, -0.2) is 13.8 Å². The lowest BCUT2D eigenvalue weighted by Crippen LogP contribution is -2.27. The Labute approximate surface area is 232 Å². The fraction of sp³-hybridized carbons (Fsp3) is 0.375. The third kappa shape index (κ3) is 4.70. The smallest absolute Gasteiger partial charge is 0.365 e. The number of amides is 2. The molecule has 0 spiro atoms. The lowest BCUT2D eigenvalue weighted by molar-refractivity contribution is -0.141. The van der Waals surface area contributed by atoms with Crippen LogP contribution in [0.3, 0.4) is 0 Å². The number of hydrogen-bond acceptors (Lipinski definition) is 6. The van der Waals surface area contributed by atoms with E-state index in [0.29, 0.717) is 35.4 Å². The summed E-state index contributed by atoms with van der Waals surface area (Å²) in [7, 11) is 1.65. The number of carbonyl (C=O) groups excluding carboxylic acids is 2. The lowest BCUT2D eigenvalue weighted by atomic mass is 10.0. The van der Waals surface area contributed by atoms with Gasteiger partial charge in [0.25, 0.3) is 12.3 Å². The Hall–Kier alpha value is -3.59. The van der Waals surface area contributed by atoms with Crippen molar-refractivity contribution in [3.63, 3.8) is 0 Å². The number of carbonyl (C=O) groups is 2. The van der Waals surface area contributed by atoms with Gasteiger partial charge >= 0.3 is 6.18 Å². The maximum Gasteiger partial charge on any atom is 0.436 e. The van der Waals surface area contributed by atoms with Gasteiger partial charge in [0.1, 0.15) is 21.4 Å². The Bertz CT molecular complexity index is 1670. The topological polar surface area (TPSA) is 121 Å². The van der Waals surface area contributed by atoms with E-state index >= 15 is 0 Å². The molecule has 16 heteroatoms. The van der Waals surface area contributed by atoms with Crippen LogP contribution in [0.5, 0.6) is 0 Å². The molecule has 1 unspecified atom stereocenters. The average molecular weight is 602 g/mol. The van der Waals surface area contributed by atoms with Crippen LogP contribution >= 0.6 is 22.9 Å². The van der Waals surface area contributed by atoms with Crippen LogP contribution < -0.4 is 11.1 Å². The lowest BCUT2D eigenvalue weighted by Gasteiger charge is -2.17. The summed E-state index contributed by atoms with van der Waals surface area (Å²) in [5, 5.41) is 9.96. The Balaban J connectivity index is 1.65. The second kappa shape index (κ2) is 9.80. The van der Waals surface area contributed by atoms with Crippen LogP contribution in [0.1, 0.15) is 70.6 Å². The van der Waals surface area contributed by atoms with E-state index < -0.39 is 46.9 Å². The molecule has 3 N–H and O–H groups in total. The van der Waals surface area contributed by atoms with Gasteiger partial charge in [0, 0.05) is 29.6 Å². The molecule has 1 fully saturated rings. The predicted molar refractivity (Wildman–Crippen MR) is 138 cm³/mol. The highest BCUT2D eigenvalue weighted by Crippen LogP contribution is 2.48. The van der Waals surface area contributed by atoms with Crippen molar-refractivity contribution in [1.29, 1.82) is 0 Å². The largest absolute Gasteiger partial charge is 0.436 e. The zero-order chi connectivity index (χ0) is 29.3. The van der Waals surface area contributed by atoms with Crippen LogP contribution in [0.25, 0.3) is 21.3 Å². The number of nitrogens with zero attached hydrogens (tertiary/aromatic N) is 5. The number of alkyl halides is 5. The van der Waals surface area contributed by atoms with Crippen LogP contribution in [0, 0.1) is 6.92 Å². The summed E-state index contributed by atoms with van der Waals surface area (Å²) >= 11 is 6.77. The molecule has 40 heavy (non-hydrogen) atoms. The van der Waals surface area contributed by atoms with Crippen LogP contribution in [0.4, 0.5) is 27.6 Å². The van der Waals surface area contributed by atoms with Crippen LogP contribution in [0.2, 0.25) is 5.02 Å². The molecule has 1 saturated carbocycles. The number of fused-ring (bicyclic) bond motifs is 1. The zero-order valence-corrected chi connectivity index (χ0v) is 22.7. The molecule has 4 heterocycles. The highest BCUT2D eigenvalue weighted by Gasteiger charge is 2.43. The predicted octanol–water partition coefficient (Wildman–Crippen LogP) is 5.99. The molecule has 212 valence electrons. The van der Waals surface area contributed by atoms with E-state index in [2.05, 4.69) is 20.5 Å². The number of aryl methyl sites for hydroxylation is 1. The number of nitrogens with one attached hydrogen (secondary N) is 1. The van der Waals surface area contributed by atoms with Gasteiger partial charge in [-0.3, -0.25) is 19.0 Å². The highest BCUT2D eigenvalue weighted by atomic mass is 35.5. The molecule has 1 aliphatic carbocycles. The van der Waals surface area contributed by atoms with E-state index in [-0.39, 0.29) is 38.0 Å². The summed E-state index contributed by atoms with van der Waals surface area (Å²) in [6, 6.07) is -0.154. The molecule has 0 radical (unpaired) electrons. The zero-order valence-electron chi connectivity index (χ0n) is 21.1. The summed E-state index contributed by atoms with van der Waals surface area (Å²) in [6.07, 6.45) is -5.16. The van der Waals surface area contributed by atoms with E-state index in [0.717, 1.165) is 10.7 Å². The summed E-state index contributed by atoms with van der Waals surface area (Å²) in [6.45, 7) is 3.04. The first kappa shape index (κ1) is 28.0. The standard InChI is InChI=1S/C24H21ClF5N7O2S/c1-8-12(7-32-36(8)3)11-6-13(20(26)27)33-23-14(11)16(18(40-23)21(31)38)34-22(39)9(2)37-17(10-4-5-10)15(25)19(35-37)24(28,29)30/h6-7,9-10,20H,4-5H2,1-3H3,(H2,31,38)(H,34,39). The number of pyridine rings is 1. The monoisotopic (exact) mass is 601 g/mol. The Morgan fingerprint density at radius 1 is 1.25 bits per heavy atom. The number of halogens is 6. The van der Waals surface area contributed by atoms with Gasteiger partial charge in [-0.15, -0.1) is 11.3 Å². The number of nitrogens with two attached hydrogens (primary N) is 1. The van der Waals surface area contributed by atoms with Gasteiger partial charge in [0.05, 0.1) is 22.6 Å². The molecule has 4 aromatic rings. The molecule has 4 aromatic heterocycles. The number of primary amides is 1. The van der Waals surface area contributed by atoms with Crippen molar-refractivity contribution in [1.82, 2.24) is 24.5 Å². The van der Waals surface area contributed by atoms with Gasteiger partial charge in [-0.05, 0) is 38.3 Å². The van der Waals surface area contributed by atoms with Gasteiger partial charge in [0.2, 0.25) is 5.91 Å². The van der Waals surface area contributed by atoms with Crippen molar-refractivity contribution < 1.29 is 31.5 Å². The third-order valence-electron chi connectivity index (χ3n) is 6.77. The molecular weight excluding hydrogens is 581 g/mol. The van der Waals surface area contributed by atoms with Crippen LogP contribution in [-0.2, 0) is 18.0 Å². The molecule has 9 nitrogen and oxygen atoms in total. The summed E-state index contributed by atoms with van der Waals surface area (Å²) in [4.78, 5) is 29.7. The maximum atomic E-state index is 13.8. The Morgan fingerprint density at radius 2 is 1.93 bits per heavy atom. The fourth-order valence-electron chi connectivity index (χ4n) is 4.46. The molecule has 1 atom stereocenters.